The molecule has 0 fully saturated rings. The zero-order valence-corrected chi connectivity index (χ0v) is 14.7. The van der Waals surface area contributed by atoms with Gasteiger partial charge < -0.3 is 20.2 Å². The van der Waals surface area contributed by atoms with Gasteiger partial charge in [0, 0.05) is 31.6 Å². The topological polar surface area (TPSA) is 99.3 Å². The number of carbonyl (C=O) groups excluding carboxylic acids is 1. The molecular weight excluding hydrogens is 334 g/mol. The predicted octanol–water partition coefficient (Wildman–Crippen LogP) is 2.69. The second-order valence-corrected chi connectivity index (χ2v) is 6.00. The van der Waals surface area contributed by atoms with Crippen molar-refractivity contribution in [3.05, 3.63) is 22.9 Å². The highest BCUT2D eigenvalue weighted by atomic mass is 35.5. The maximum absolute atomic E-state index is 12.5. The summed E-state index contributed by atoms with van der Waals surface area (Å²) in [7, 11) is 0. The molecule has 0 aliphatic heterocycles. The van der Waals surface area contributed by atoms with Gasteiger partial charge in [-0.1, -0.05) is 23.7 Å². The summed E-state index contributed by atoms with van der Waals surface area (Å²) < 4.78 is 0. The Bertz CT molecular complexity index is 495. The van der Waals surface area contributed by atoms with Gasteiger partial charge in [-0.2, -0.15) is 0 Å². The number of halogens is 1. The van der Waals surface area contributed by atoms with E-state index in [1.165, 1.54) is 5.54 Å². The summed E-state index contributed by atoms with van der Waals surface area (Å²) in [5.41, 5.74) is 1.96. The summed E-state index contributed by atoms with van der Waals surface area (Å²) in [5.74, 6) is -0.255. The van der Waals surface area contributed by atoms with Crippen molar-refractivity contribution in [3.63, 3.8) is 0 Å². The predicted molar refractivity (Wildman–Crippen MR) is 93.0 cm³/mol. The van der Waals surface area contributed by atoms with Gasteiger partial charge in [0.2, 0.25) is 0 Å². The van der Waals surface area contributed by atoms with Crippen LogP contribution in [0, 0.1) is 11.8 Å². The number of oxime groups is 1. The van der Waals surface area contributed by atoms with Crippen LogP contribution in [0.1, 0.15) is 39.0 Å². The van der Waals surface area contributed by atoms with E-state index in [4.69, 9.17) is 26.7 Å². The third kappa shape index (κ3) is 5.92. The van der Waals surface area contributed by atoms with Crippen molar-refractivity contribution < 1.29 is 25.0 Å². The lowest BCUT2D eigenvalue weighted by Crippen LogP contribution is -2.29. The number of hydrogen-bond acceptors (Lipinski definition) is 6. The maximum atomic E-state index is 12.5. The molecule has 1 atom stereocenters. The van der Waals surface area contributed by atoms with Crippen LogP contribution in [0.4, 0.5) is 0 Å². The lowest BCUT2D eigenvalue weighted by Gasteiger charge is -2.30. The molecule has 0 saturated carbocycles. The number of Topliss-reactive ketones (excluding diaryl/α,β-unsaturated/α-hetero) is 1. The zero-order chi connectivity index (χ0) is 17.9. The molecule has 3 N–H and O–H groups in total. The van der Waals surface area contributed by atoms with Gasteiger partial charge in [0.25, 0.3) is 0 Å². The first kappa shape index (κ1) is 20.7. The number of aliphatic hydroxyl groups is 3. The van der Waals surface area contributed by atoms with Gasteiger partial charge in [-0.05, 0) is 37.2 Å². The van der Waals surface area contributed by atoms with Crippen LogP contribution >= 0.6 is 11.6 Å². The smallest absolute Gasteiger partial charge is 0.168 e. The van der Waals surface area contributed by atoms with Crippen molar-refractivity contribution in [2.75, 3.05) is 19.8 Å². The molecule has 0 aromatic carbocycles. The third-order valence-electron chi connectivity index (χ3n) is 4.20. The quantitative estimate of drug-likeness (QED) is 0.316. The average Bonchev–Trinajstić information content (AvgIpc) is 2.56. The van der Waals surface area contributed by atoms with E-state index in [2.05, 4.69) is 5.16 Å². The number of allylic oxidation sites excluding steroid dienone is 2. The Morgan fingerprint density at radius 3 is 2.54 bits per heavy atom. The molecule has 0 aromatic heterocycles. The van der Waals surface area contributed by atoms with Gasteiger partial charge in [0.05, 0.1) is 11.3 Å². The molecule has 24 heavy (non-hydrogen) atoms. The van der Waals surface area contributed by atoms with Gasteiger partial charge in [-0.25, -0.2) is 0 Å². The van der Waals surface area contributed by atoms with E-state index in [1.54, 1.807) is 6.08 Å². The normalized spacial score (nSPS) is 19.6. The number of hydrogen-bond donors (Lipinski definition) is 3. The third-order valence-corrected chi connectivity index (χ3v) is 4.37. The van der Waals surface area contributed by atoms with Crippen LogP contribution < -0.4 is 0 Å². The molecule has 0 saturated heterocycles. The Labute approximate surface area is 147 Å². The van der Waals surface area contributed by atoms with Crippen molar-refractivity contribution in [2.45, 2.75) is 39.0 Å². The second-order valence-electron chi connectivity index (χ2n) is 5.75. The highest BCUT2D eigenvalue weighted by molar-refractivity contribution is 6.25. The Morgan fingerprint density at radius 1 is 1.38 bits per heavy atom. The van der Waals surface area contributed by atoms with Gasteiger partial charge in [0.15, 0.2) is 5.78 Å². The molecule has 0 spiro atoms. The number of ketones is 1. The summed E-state index contributed by atoms with van der Waals surface area (Å²) in [6.07, 6.45) is 3.64. The number of rotatable bonds is 10. The minimum atomic E-state index is -0.179. The fraction of sp³-hybridized carbons (Fsp3) is 0.647. The fourth-order valence-corrected chi connectivity index (χ4v) is 3.09. The molecule has 6 nitrogen and oxygen atoms in total. The molecule has 0 aromatic rings. The molecule has 0 bridgehead atoms. The molecule has 1 aliphatic carbocycles. The summed E-state index contributed by atoms with van der Waals surface area (Å²) in [6.45, 7) is 2.01. The van der Waals surface area contributed by atoms with E-state index >= 15 is 0 Å². The molecule has 1 unspecified atom stereocenters. The monoisotopic (exact) mass is 359 g/mol. The standard InChI is InChI=1S/C17H26ClNO5/c1-2-14(19-24-9-3-6-18)17-15(22)10-13(11-16(17)23)12(4-7-20)5-8-21/h3,6,12-13,20-22H,2,4-5,7-11H2,1H3/b6-3+,19-14+. The van der Waals surface area contributed by atoms with Crippen molar-refractivity contribution in [1.29, 1.82) is 0 Å². The van der Waals surface area contributed by atoms with E-state index in [0.717, 1.165) is 0 Å². The van der Waals surface area contributed by atoms with Crippen LogP contribution in [-0.2, 0) is 9.63 Å². The van der Waals surface area contributed by atoms with Gasteiger partial charge in [-0.15, -0.1) is 0 Å². The number of nitrogens with zero attached hydrogens (tertiary/aromatic N) is 1. The van der Waals surface area contributed by atoms with Crippen molar-refractivity contribution in [3.8, 4) is 0 Å². The van der Waals surface area contributed by atoms with E-state index in [9.17, 15) is 9.90 Å². The summed E-state index contributed by atoms with van der Waals surface area (Å²) >= 11 is 5.39. The van der Waals surface area contributed by atoms with E-state index in [1.807, 2.05) is 6.92 Å². The Hall–Kier alpha value is -1.37. The largest absolute Gasteiger partial charge is 0.511 e. The highest BCUT2D eigenvalue weighted by Gasteiger charge is 2.34. The number of carbonyl (C=O) groups is 1. The first-order valence-corrected chi connectivity index (χ1v) is 8.64. The van der Waals surface area contributed by atoms with Crippen LogP contribution in [0.3, 0.4) is 0 Å². The maximum Gasteiger partial charge on any atom is 0.168 e. The van der Waals surface area contributed by atoms with Crippen LogP contribution in [0.5, 0.6) is 0 Å². The second kappa shape index (κ2) is 11.2. The summed E-state index contributed by atoms with van der Waals surface area (Å²) in [5, 5.41) is 32.6. The van der Waals surface area contributed by atoms with Crippen LogP contribution in [0.25, 0.3) is 0 Å². The molecule has 7 heteroatoms. The van der Waals surface area contributed by atoms with E-state index < -0.39 is 0 Å². The Balaban J connectivity index is 2.92. The Kier molecular flexibility index (Phi) is 9.67. The summed E-state index contributed by atoms with van der Waals surface area (Å²) in [6, 6.07) is 0. The zero-order valence-electron chi connectivity index (χ0n) is 13.9. The van der Waals surface area contributed by atoms with Gasteiger partial charge in [-0.3, -0.25) is 4.79 Å². The molecule has 0 heterocycles. The minimum Gasteiger partial charge on any atom is -0.511 e. The lowest BCUT2D eigenvalue weighted by molar-refractivity contribution is -0.117. The van der Waals surface area contributed by atoms with Crippen molar-refractivity contribution >= 4 is 23.1 Å². The molecule has 0 radical (unpaired) electrons. The molecule has 0 amide bonds. The molecular formula is C17H26ClNO5. The van der Waals surface area contributed by atoms with Gasteiger partial charge in [0.1, 0.15) is 12.4 Å². The van der Waals surface area contributed by atoms with Crippen molar-refractivity contribution in [1.82, 2.24) is 0 Å². The van der Waals surface area contributed by atoms with Crippen LogP contribution in [-0.4, -0.2) is 46.6 Å². The van der Waals surface area contributed by atoms with E-state index in [-0.39, 0.29) is 55.2 Å². The van der Waals surface area contributed by atoms with Crippen LogP contribution in [0.2, 0.25) is 0 Å². The van der Waals surface area contributed by atoms with Gasteiger partial charge >= 0.3 is 0 Å². The molecule has 136 valence electrons. The average molecular weight is 360 g/mol. The highest BCUT2D eigenvalue weighted by Crippen LogP contribution is 2.35. The van der Waals surface area contributed by atoms with Crippen LogP contribution in [0.15, 0.2) is 28.1 Å². The Morgan fingerprint density at radius 2 is 2.04 bits per heavy atom. The first-order valence-electron chi connectivity index (χ1n) is 8.20. The SMILES string of the molecule is CC/C(=N\OC/C=C/Cl)C1=C(O)CC(C(CCO)CCO)CC1=O. The summed E-state index contributed by atoms with van der Waals surface area (Å²) in [4.78, 5) is 17.6. The van der Waals surface area contributed by atoms with Crippen molar-refractivity contribution in [2.24, 2.45) is 17.0 Å². The number of aliphatic hydroxyl groups excluding tert-OH is 3. The molecule has 1 rings (SSSR count). The lowest BCUT2D eigenvalue weighted by atomic mass is 9.75. The van der Waals surface area contributed by atoms with E-state index in [0.29, 0.717) is 31.4 Å². The molecule has 1 aliphatic rings. The fourth-order valence-electron chi connectivity index (χ4n) is 3.01. The minimum absolute atomic E-state index is 0.000210. The first-order chi connectivity index (χ1) is 11.6.